The number of carboxylic acids is 1. The zero-order chi connectivity index (χ0) is 16.7. The number of furan rings is 1. The van der Waals surface area contributed by atoms with Gasteiger partial charge in [0.25, 0.3) is 0 Å². The number of ether oxygens (including phenoxy) is 1. The predicted octanol–water partition coefficient (Wildman–Crippen LogP) is 2.98. The lowest BCUT2D eigenvalue weighted by Gasteiger charge is -2.05. The molecule has 1 aromatic heterocycles. The van der Waals surface area contributed by atoms with E-state index in [1.807, 2.05) is 12.4 Å². The molecule has 0 saturated carbocycles. The first kappa shape index (κ1) is 16.5. The van der Waals surface area contributed by atoms with E-state index < -0.39 is 5.97 Å². The van der Waals surface area contributed by atoms with Crippen molar-refractivity contribution in [1.29, 1.82) is 5.26 Å². The van der Waals surface area contributed by atoms with Crippen molar-refractivity contribution in [2.24, 2.45) is 4.99 Å². The van der Waals surface area contributed by atoms with Crippen LogP contribution in [-0.2, 0) is 6.61 Å². The molecule has 1 heterocycles. The van der Waals surface area contributed by atoms with Crippen molar-refractivity contribution < 1.29 is 19.1 Å². The number of aromatic carboxylic acids is 1. The molecule has 0 bridgehead atoms. The lowest BCUT2D eigenvalue weighted by atomic mass is 10.3. The minimum Gasteiger partial charge on any atom is -0.486 e. The van der Waals surface area contributed by atoms with Crippen LogP contribution >= 0.6 is 11.8 Å². The number of aliphatic imine (C=N–C) groups is 1. The lowest BCUT2D eigenvalue weighted by Crippen LogP contribution is -2.12. The maximum atomic E-state index is 10.7. The molecule has 2 aromatic rings. The fraction of sp³-hybridized carbons (Fsp3) is 0.133. The number of nitrogens with one attached hydrogen (secondary N) is 1. The summed E-state index contributed by atoms with van der Waals surface area (Å²) in [6.45, 7) is 0.127. The number of carboxylic acid groups (broad SMARTS) is 1. The van der Waals surface area contributed by atoms with Gasteiger partial charge in [-0.25, -0.2) is 9.79 Å². The Hall–Kier alpha value is -2.92. The van der Waals surface area contributed by atoms with Gasteiger partial charge in [-0.1, -0.05) is 11.8 Å². The minimum absolute atomic E-state index is 0.122. The van der Waals surface area contributed by atoms with Crippen LogP contribution < -0.4 is 10.1 Å². The molecule has 0 aliphatic heterocycles. The first-order chi connectivity index (χ1) is 11.1. The summed E-state index contributed by atoms with van der Waals surface area (Å²) in [7, 11) is 0. The van der Waals surface area contributed by atoms with Gasteiger partial charge >= 0.3 is 5.97 Å². The van der Waals surface area contributed by atoms with E-state index in [-0.39, 0.29) is 12.4 Å². The number of nitriles is 1. The second-order valence-electron chi connectivity index (χ2n) is 4.21. The minimum atomic E-state index is -1.12. The Kier molecular flexibility index (Phi) is 5.66. The molecule has 0 aliphatic carbocycles. The molecule has 0 aliphatic rings. The number of benzene rings is 1. The predicted molar refractivity (Wildman–Crippen MR) is 85.8 cm³/mol. The average Bonchev–Trinajstić information content (AvgIpc) is 3.03. The molecule has 0 fully saturated rings. The molecule has 118 valence electrons. The summed E-state index contributed by atoms with van der Waals surface area (Å²) in [4.78, 5) is 15.0. The molecule has 2 N–H and O–H groups in total. The summed E-state index contributed by atoms with van der Waals surface area (Å²) in [6, 6.07) is 9.88. The monoisotopic (exact) mass is 331 g/mol. The fourth-order valence-electron chi connectivity index (χ4n) is 1.63. The molecule has 0 saturated heterocycles. The third-order valence-electron chi connectivity index (χ3n) is 2.68. The Morgan fingerprint density at radius 1 is 1.39 bits per heavy atom. The van der Waals surface area contributed by atoms with Gasteiger partial charge in [0.05, 0.1) is 5.69 Å². The average molecular weight is 331 g/mol. The van der Waals surface area contributed by atoms with Gasteiger partial charge in [-0.3, -0.25) is 5.32 Å². The van der Waals surface area contributed by atoms with Crippen LogP contribution in [0.4, 0.5) is 5.69 Å². The van der Waals surface area contributed by atoms with Crippen molar-refractivity contribution in [2.45, 2.75) is 6.61 Å². The van der Waals surface area contributed by atoms with Gasteiger partial charge in [0.2, 0.25) is 5.76 Å². The van der Waals surface area contributed by atoms with Crippen molar-refractivity contribution in [2.75, 3.05) is 6.26 Å². The van der Waals surface area contributed by atoms with Crippen molar-refractivity contribution >= 4 is 28.6 Å². The van der Waals surface area contributed by atoms with E-state index in [0.29, 0.717) is 22.4 Å². The van der Waals surface area contributed by atoms with Crippen molar-refractivity contribution in [1.82, 2.24) is 5.32 Å². The van der Waals surface area contributed by atoms with Crippen LogP contribution in [0.25, 0.3) is 0 Å². The Bertz CT molecular complexity index is 747. The summed E-state index contributed by atoms with van der Waals surface area (Å²) in [5.74, 6) is -0.222. The molecule has 0 unspecified atom stereocenters. The Labute approximate surface area is 136 Å². The SMILES string of the molecule is CSC(=Nc1ccc(OCc2ccc(C(=O)O)o2)cc1)NC#N. The number of carbonyl (C=O) groups is 1. The quantitative estimate of drug-likeness (QED) is 0.375. The maximum Gasteiger partial charge on any atom is 0.371 e. The van der Waals surface area contributed by atoms with E-state index in [0.717, 1.165) is 0 Å². The van der Waals surface area contributed by atoms with Crippen molar-refractivity contribution in [3.8, 4) is 11.9 Å². The highest BCUT2D eigenvalue weighted by molar-refractivity contribution is 8.13. The third kappa shape index (κ3) is 4.79. The van der Waals surface area contributed by atoms with Crippen molar-refractivity contribution in [3.05, 3.63) is 47.9 Å². The summed E-state index contributed by atoms with van der Waals surface area (Å²) in [5.41, 5.74) is 0.676. The van der Waals surface area contributed by atoms with Crippen molar-refractivity contribution in [3.63, 3.8) is 0 Å². The van der Waals surface area contributed by atoms with Gasteiger partial charge in [0.15, 0.2) is 11.4 Å². The summed E-state index contributed by atoms with van der Waals surface area (Å²) in [5, 5.41) is 20.3. The molecule has 0 atom stereocenters. The first-order valence-electron chi connectivity index (χ1n) is 6.45. The lowest BCUT2D eigenvalue weighted by molar-refractivity contribution is 0.0658. The summed E-state index contributed by atoms with van der Waals surface area (Å²) >= 11 is 1.33. The zero-order valence-electron chi connectivity index (χ0n) is 12.1. The molecule has 0 radical (unpaired) electrons. The summed E-state index contributed by atoms with van der Waals surface area (Å²) in [6.07, 6.45) is 3.64. The molecule has 23 heavy (non-hydrogen) atoms. The molecular weight excluding hydrogens is 318 g/mol. The van der Waals surface area contributed by atoms with E-state index in [4.69, 9.17) is 19.5 Å². The van der Waals surface area contributed by atoms with E-state index in [2.05, 4.69) is 10.3 Å². The van der Waals surface area contributed by atoms with E-state index in [1.54, 1.807) is 30.3 Å². The fourth-order valence-corrected chi connectivity index (χ4v) is 1.98. The van der Waals surface area contributed by atoms with Gasteiger partial charge < -0.3 is 14.3 Å². The van der Waals surface area contributed by atoms with Gasteiger partial charge in [-0.2, -0.15) is 5.26 Å². The van der Waals surface area contributed by atoms with Crippen LogP contribution in [0.2, 0.25) is 0 Å². The highest BCUT2D eigenvalue weighted by atomic mass is 32.2. The number of rotatable bonds is 5. The van der Waals surface area contributed by atoms with Crippen LogP contribution in [0.3, 0.4) is 0 Å². The van der Waals surface area contributed by atoms with Gasteiger partial charge in [0.1, 0.15) is 18.1 Å². The van der Waals surface area contributed by atoms with Crippen LogP contribution in [0, 0.1) is 11.5 Å². The second kappa shape index (κ2) is 7.91. The maximum absolute atomic E-state index is 10.7. The number of hydrogen-bond acceptors (Lipinski definition) is 6. The van der Waals surface area contributed by atoms with Gasteiger partial charge in [0, 0.05) is 0 Å². The molecule has 1 aromatic carbocycles. The van der Waals surface area contributed by atoms with Crippen LogP contribution in [0.15, 0.2) is 45.8 Å². The number of nitrogens with zero attached hydrogens (tertiary/aromatic N) is 2. The molecule has 7 nitrogen and oxygen atoms in total. The zero-order valence-corrected chi connectivity index (χ0v) is 13.0. The first-order valence-corrected chi connectivity index (χ1v) is 7.67. The third-order valence-corrected chi connectivity index (χ3v) is 3.26. The number of hydrogen-bond donors (Lipinski definition) is 2. The molecule has 8 heteroatoms. The van der Waals surface area contributed by atoms with Gasteiger partial charge in [-0.15, -0.1) is 0 Å². The smallest absolute Gasteiger partial charge is 0.371 e. The molecular formula is C15H13N3O4S. The Balaban J connectivity index is 1.97. The standard InChI is InChI=1S/C15H13N3O4S/c1-23-15(17-9-16)18-10-2-4-11(5-3-10)21-8-12-6-7-13(22-12)14(19)20/h2-7H,8H2,1H3,(H,17,18)(H,19,20). The van der Waals surface area contributed by atoms with Crippen LogP contribution in [0.5, 0.6) is 5.75 Å². The highest BCUT2D eigenvalue weighted by Gasteiger charge is 2.09. The molecule has 2 rings (SSSR count). The van der Waals surface area contributed by atoms with E-state index in [9.17, 15) is 4.79 Å². The highest BCUT2D eigenvalue weighted by Crippen LogP contribution is 2.20. The number of amidine groups is 1. The molecule has 0 amide bonds. The topological polar surface area (TPSA) is 108 Å². The van der Waals surface area contributed by atoms with Gasteiger partial charge in [-0.05, 0) is 42.7 Å². The van der Waals surface area contributed by atoms with Crippen LogP contribution in [0.1, 0.15) is 16.3 Å². The van der Waals surface area contributed by atoms with E-state index >= 15 is 0 Å². The van der Waals surface area contributed by atoms with E-state index in [1.165, 1.54) is 17.8 Å². The number of thioether (sulfide) groups is 1. The largest absolute Gasteiger partial charge is 0.486 e. The van der Waals surface area contributed by atoms with Crippen LogP contribution in [-0.4, -0.2) is 22.5 Å². The summed E-state index contributed by atoms with van der Waals surface area (Å²) < 4.78 is 10.6. The normalized spacial score (nSPS) is 10.9. The Morgan fingerprint density at radius 3 is 2.70 bits per heavy atom. The second-order valence-corrected chi connectivity index (χ2v) is 5.01. The molecule has 0 spiro atoms. The Morgan fingerprint density at radius 2 is 2.13 bits per heavy atom.